The Bertz CT molecular complexity index is 531. The molecule has 0 aliphatic carbocycles. The van der Waals surface area contributed by atoms with Gasteiger partial charge in [-0.05, 0) is 13.8 Å². The summed E-state index contributed by atoms with van der Waals surface area (Å²) in [7, 11) is 0. The van der Waals surface area contributed by atoms with Gasteiger partial charge in [-0.2, -0.15) is 0 Å². The highest BCUT2D eigenvalue weighted by Crippen LogP contribution is 2.14. The number of hydrogen-bond acceptors (Lipinski definition) is 5. The van der Waals surface area contributed by atoms with Gasteiger partial charge in [-0.3, -0.25) is 9.30 Å². The zero-order valence-corrected chi connectivity index (χ0v) is 12.0. The first-order valence-electron chi connectivity index (χ1n) is 6.21. The van der Waals surface area contributed by atoms with Crippen molar-refractivity contribution in [2.75, 3.05) is 6.54 Å². The normalized spacial score (nSPS) is 12.9. The molecule has 104 valence electrons. The Morgan fingerprint density at radius 2 is 2.42 bits per heavy atom. The Labute approximate surface area is 116 Å². The zero-order chi connectivity index (χ0) is 13.8. The Hall–Kier alpha value is -1.60. The highest BCUT2D eigenvalue weighted by molar-refractivity contribution is 7.15. The van der Waals surface area contributed by atoms with Crippen LogP contribution in [-0.4, -0.2) is 37.9 Å². The Balaban J connectivity index is 2.01. The van der Waals surface area contributed by atoms with Crippen molar-refractivity contribution in [1.29, 1.82) is 0 Å². The predicted molar refractivity (Wildman–Crippen MR) is 76.6 cm³/mol. The lowest BCUT2D eigenvalue weighted by atomic mass is 10.2. The number of amidine groups is 1. The maximum absolute atomic E-state index is 8.57. The number of fused-ring (bicyclic) bond motifs is 1. The maximum Gasteiger partial charge on any atom is 0.193 e. The van der Waals surface area contributed by atoms with Crippen LogP contribution in [0.1, 0.15) is 26.0 Å². The van der Waals surface area contributed by atoms with Crippen molar-refractivity contribution in [2.24, 2.45) is 10.9 Å². The number of thiazole rings is 1. The molecule has 0 bridgehead atoms. The van der Waals surface area contributed by atoms with Gasteiger partial charge in [0.1, 0.15) is 5.84 Å². The summed E-state index contributed by atoms with van der Waals surface area (Å²) < 4.78 is 2.03. The smallest absolute Gasteiger partial charge is 0.193 e. The van der Waals surface area contributed by atoms with Crippen LogP contribution in [0, 0.1) is 0 Å². The molecule has 0 radical (unpaired) electrons. The van der Waals surface area contributed by atoms with Crippen LogP contribution in [0.2, 0.25) is 0 Å². The minimum Gasteiger partial charge on any atom is -0.409 e. The van der Waals surface area contributed by atoms with E-state index in [1.165, 1.54) is 0 Å². The first kappa shape index (κ1) is 13.8. The van der Waals surface area contributed by atoms with E-state index in [1.54, 1.807) is 11.3 Å². The Morgan fingerprint density at radius 1 is 1.63 bits per heavy atom. The molecule has 3 N–H and O–H groups in total. The molecule has 0 amide bonds. The number of oxime groups is 1. The summed E-state index contributed by atoms with van der Waals surface area (Å²) in [4.78, 5) is 7.83. The molecule has 0 saturated carbocycles. The van der Waals surface area contributed by atoms with Crippen molar-refractivity contribution in [3.05, 3.63) is 23.5 Å². The molecule has 0 unspecified atom stereocenters. The van der Waals surface area contributed by atoms with Crippen molar-refractivity contribution < 1.29 is 5.21 Å². The van der Waals surface area contributed by atoms with Crippen LogP contribution in [0.25, 0.3) is 4.96 Å². The first-order valence-corrected chi connectivity index (χ1v) is 7.09. The molecule has 2 rings (SSSR count). The molecule has 0 fully saturated rings. The minimum atomic E-state index is 0.261. The van der Waals surface area contributed by atoms with Gasteiger partial charge in [-0.25, -0.2) is 4.98 Å². The largest absolute Gasteiger partial charge is 0.409 e. The minimum absolute atomic E-state index is 0.261. The van der Waals surface area contributed by atoms with E-state index in [-0.39, 0.29) is 5.84 Å². The molecule has 2 heterocycles. The third-order valence-electron chi connectivity index (χ3n) is 3.02. The molecule has 19 heavy (non-hydrogen) atoms. The van der Waals surface area contributed by atoms with Gasteiger partial charge in [-0.15, -0.1) is 11.3 Å². The highest BCUT2D eigenvalue weighted by Gasteiger charge is 2.13. The summed E-state index contributed by atoms with van der Waals surface area (Å²) in [5.74, 6) is 0.261. The fourth-order valence-electron chi connectivity index (χ4n) is 1.89. The second-order valence-electron chi connectivity index (χ2n) is 4.73. The molecule has 0 atom stereocenters. The molecule has 0 aromatic carbocycles. The van der Waals surface area contributed by atoms with E-state index in [9.17, 15) is 0 Å². The van der Waals surface area contributed by atoms with Gasteiger partial charge in [0, 0.05) is 43.3 Å². The summed E-state index contributed by atoms with van der Waals surface area (Å²) in [5, 5.41) is 13.6. The molecule has 2 aromatic heterocycles. The summed E-state index contributed by atoms with van der Waals surface area (Å²) in [6.07, 6.45) is 4.61. The van der Waals surface area contributed by atoms with Crippen LogP contribution >= 0.6 is 11.3 Å². The van der Waals surface area contributed by atoms with E-state index < -0.39 is 0 Å². The van der Waals surface area contributed by atoms with Crippen LogP contribution in [0.5, 0.6) is 0 Å². The van der Waals surface area contributed by atoms with Crippen LogP contribution in [-0.2, 0) is 6.54 Å². The molecular formula is C12H19N5OS. The van der Waals surface area contributed by atoms with Crippen molar-refractivity contribution in [2.45, 2.75) is 32.9 Å². The number of hydrogen-bond donors (Lipinski definition) is 2. The summed E-state index contributed by atoms with van der Waals surface area (Å²) in [6, 6.07) is 0.381. The second-order valence-corrected chi connectivity index (χ2v) is 5.60. The van der Waals surface area contributed by atoms with E-state index in [0.717, 1.165) is 23.7 Å². The molecular weight excluding hydrogens is 262 g/mol. The quantitative estimate of drug-likeness (QED) is 0.366. The topological polar surface area (TPSA) is 79.1 Å². The van der Waals surface area contributed by atoms with E-state index in [4.69, 9.17) is 10.9 Å². The van der Waals surface area contributed by atoms with Gasteiger partial charge in [-0.1, -0.05) is 5.16 Å². The summed E-state index contributed by atoms with van der Waals surface area (Å²) >= 11 is 1.63. The van der Waals surface area contributed by atoms with E-state index in [0.29, 0.717) is 12.5 Å². The SMILES string of the molecule is CC(C)N(CC/C(N)=N/O)Cc1cn2ccsc2n1. The van der Waals surface area contributed by atoms with E-state index in [1.807, 2.05) is 22.2 Å². The fourth-order valence-corrected chi connectivity index (χ4v) is 2.61. The van der Waals surface area contributed by atoms with Crippen LogP contribution in [0.3, 0.4) is 0 Å². The first-order chi connectivity index (χ1) is 9.10. The monoisotopic (exact) mass is 281 g/mol. The van der Waals surface area contributed by atoms with E-state index >= 15 is 0 Å². The lowest BCUT2D eigenvalue weighted by molar-refractivity contribution is 0.215. The summed E-state index contributed by atoms with van der Waals surface area (Å²) in [6.45, 7) is 5.78. The van der Waals surface area contributed by atoms with Crippen molar-refractivity contribution >= 4 is 22.1 Å². The second kappa shape index (κ2) is 6.03. The lowest BCUT2D eigenvalue weighted by Gasteiger charge is -2.25. The molecule has 0 saturated heterocycles. The van der Waals surface area contributed by atoms with Crippen molar-refractivity contribution in [3.8, 4) is 0 Å². The molecule has 0 aliphatic rings. The average molecular weight is 281 g/mol. The highest BCUT2D eigenvalue weighted by atomic mass is 32.1. The van der Waals surface area contributed by atoms with Crippen LogP contribution < -0.4 is 5.73 Å². The van der Waals surface area contributed by atoms with Crippen LogP contribution in [0.4, 0.5) is 0 Å². The number of nitrogens with two attached hydrogens (primary N) is 1. The molecule has 7 heteroatoms. The van der Waals surface area contributed by atoms with Crippen molar-refractivity contribution in [1.82, 2.24) is 14.3 Å². The van der Waals surface area contributed by atoms with Gasteiger partial charge in [0.2, 0.25) is 0 Å². The van der Waals surface area contributed by atoms with Gasteiger partial charge in [0.15, 0.2) is 4.96 Å². The zero-order valence-electron chi connectivity index (χ0n) is 11.2. The van der Waals surface area contributed by atoms with Gasteiger partial charge in [0.25, 0.3) is 0 Å². The van der Waals surface area contributed by atoms with Gasteiger partial charge >= 0.3 is 0 Å². The van der Waals surface area contributed by atoms with Crippen molar-refractivity contribution in [3.63, 3.8) is 0 Å². The third kappa shape index (κ3) is 3.45. The maximum atomic E-state index is 8.57. The van der Waals surface area contributed by atoms with Crippen LogP contribution in [0.15, 0.2) is 22.9 Å². The van der Waals surface area contributed by atoms with Gasteiger partial charge in [0.05, 0.1) is 5.69 Å². The summed E-state index contributed by atoms with van der Waals surface area (Å²) in [5.41, 5.74) is 6.56. The lowest BCUT2D eigenvalue weighted by Crippen LogP contribution is -2.33. The molecule has 6 nitrogen and oxygen atoms in total. The number of aromatic nitrogens is 2. The Morgan fingerprint density at radius 3 is 3.05 bits per heavy atom. The average Bonchev–Trinajstić information content (AvgIpc) is 2.94. The van der Waals surface area contributed by atoms with E-state index in [2.05, 4.69) is 28.9 Å². The number of nitrogens with zero attached hydrogens (tertiary/aromatic N) is 4. The molecule has 0 aliphatic heterocycles. The predicted octanol–water partition coefficient (Wildman–Crippen LogP) is 1.74. The van der Waals surface area contributed by atoms with Gasteiger partial charge < -0.3 is 10.9 Å². The molecule has 0 spiro atoms. The third-order valence-corrected chi connectivity index (χ3v) is 3.79. The number of imidazole rings is 1. The standard InChI is InChI=1S/C12H19N5OS/c1-9(2)16(4-3-11(13)15-18)7-10-8-17-5-6-19-12(17)14-10/h5-6,8-9,18H,3-4,7H2,1-2H3,(H2,13,15). The molecule has 2 aromatic rings. The number of rotatable bonds is 6. The Kier molecular flexibility index (Phi) is 4.39. The fraction of sp³-hybridized carbons (Fsp3) is 0.500.